The molecule has 3 heterocycles. The van der Waals surface area contributed by atoms with Crippen molar-refractivity contribution >= 4 is 19.9 Å². The van der Waals surface area contributed by atoms with E-state index >= 15 is 0 Å². The fourth-order valence-corrected chi connectivity index (χ4v) is 9.83. The molecule has 0 amide bonds. The maximum absolute atomic E-state index is 13.3. The van der Waals surface area contributed by atoms with E-state index in [-0.39, 0.29) is 33.9 Å². The topological polar surface area (TPSA) is 96.5 Å². The average molecular weight is 620 g/mol. The molecule has 2 saturated heterocycles. The molecule has 0 aromatic heterocycles. The Morgan fingerprint density at radius 1 is 0.881 bits per heavy atom. The summed E-state index contributed by atoms with van der Waals surface area (Å²) in [6.07, 6.45) is 2.36. The Bertz CT molecular complexity index is 1470. The summed E-state index contributed by atoms with van der Waals surface area (Å²) < 4.78 is 64.4. The van der Waals surface area contributed by atoms with Gasteiger partial charge in [-0.15, -0.1) is 0 Å². The van der Waals surface area contributed by atoms with Gasteiger partial charge in [-0.25, -0.2) is 21.1 Å². The van der Waals surface area contributed by atoms with Crippen LogP contribution < -0.4 is 9.47 Å². The summed E-state index contributed by atoms with van der Waals surface area (Å²) in [5.41, 5.74) is 1.07. The van der Waals surface area contributed by atoms with Crippen molar-refractivity contribution < 1.29 is 26.3 Å². The predicted molar refractivity (Wildman–Crippen MR) is 163 cm³/mol. The van der Waals surface area contributed by atoms with Crippen molar-refractivity contribution in [3.63, 3.8) is 0 Å². The molecular formula is C31H45N3O6S2. The molecule has 5 rings (SSSR count). The number of fused-ring (bicyclic) bond motifs is 1. The summed E-state index contributed by atoms with van der Waals surface area (Å²) in [6, 6.07) is 12.4. The van der Waals surface area contributed by atoms with Crippen LogP contribution in [0.4, 0.5) is 0 Å². The lowest BCUT2D eigenvalue weighted by Gasteiger charge is -2.55. The van der Waals surface area contributed by atoms with Crippen molar-refractivity contribution in [2.45, 2.75) is 81.3 Å². The van der Waals surface area contributed by atoms with E-state index < -0.39 is 19.9 Å². The third kappa shape index (κ3) is 5.83. The van der Waals surface area contributed by atoms with Crippen molar-refractivity contribution in [2.24, 2.45) is 5.92 Å². The highest BCUT2D eigenvalue weighted by Gasteiger charge is 2.46. The van der Waals surface area contributed by atoms with Gasteiger partial charge >= 0.3 is 0 Å². The van der Waals surface area contributed by atoms with E-state index in [1.165, 1.54) is 6.07 Å². The van der Waals surface area contributed by atoms with Gasteiger partial charge in [0.1, 0.15) is 0 Å². The van der Waals surface area contributed by atoms with E-state index in [9.17, 15) is 16.8 Å². The Hall–Kier alpha value is -2.18. The van der Waals surface area contributed by atoms with E-state index in [0.717, 1.165) is 38.0 Å². The lowest BCUT2D eigenvalue weighted by atomic mass is 9.76. The van der Waals surface area contributed by atoms with Crippen molar-refractivity contribution in [3.05, 3.63) is 48.0 Å². The van der Waals surface area contributed by atoms with E-state index in [4.69, 9.17) is 9.47 Å². The monoisotopic (exact) mass is 619 g/mol. The smallest absolute Gasteiger partial charge is 0.231 e. The molecule has 3 aliphatic heterocycles. The van der Waals surface area contributed by atoms with Gasteiger partial charge < -0.3 is 9.47 Å². The van der Waals surface area contributed by atoms with Gasteiger partial charge in [-0.3, -0.25) is 9.80 Å². The van der Waals surface area contributed by atoms with Gasteiger partial charge in [0, 0.05) is 56.4 Å². The average Bonchev–Trinajstić information content (AvgIpc) is 3.45. The summed E-state index contributed by atoms with van der Waals surface area (Å²) in [5, 5.41) is 0. The molecule has 0 N–H and O–H groups in total. The van der Waals surface area contributed by atoms with E-state index in [2.05, 4.69) is 37.5 Å². The van der Waals surface area contributed by atoms with Gasteiger partial charge in [0.25, 0.3) is 0 Å². The van der Waals surface area contributed by atoms with E-state index in [0.29, 0.717) is 43.0 Å². The molecule has 0 spiro atoms. The highest BCUT2D eigenvalue weighted by molar-refractivity contribution is 7.91. The van der Waals surface area contributed by atoms with Gasteiger partial charge in [0.2, 0.25) is 26.7 Å². The van der Waals surface area contributed by atoms with Crippen LogP contribution in [0.2, 0.25) is 0 Å². The van der Waals surface area contributed by atoms with Crippen LogP contribution in [0.15, 0.2) is 52.3 Å². The molecule has 0 saturated carbocycles. The van der Waals surface area contributed by atoms with Crippen LogP contribution in [0.5, 0.6) is 11.5 Å². The standard InChI is InChI=1S/C31H45N3O6S2/c1-6-19-41(35,36)33-15-13-31(14-16-33,23(2)3)32-17-18-34(24(4)21-32)25(5)26-7-9-27(10-8-26)42(37,38)28-11-12-29-30(20-28)40-22-39-29/h7-12,20,23-25H,6,13-19,21-22H2,1-5H3/t24-,25+/m1/s1. The first-order chi connectivity index (χ1) is 19.9. The number of sulfone groups is 1. The first-order valence-electron chi connectivity index (χ1n) is 15.1. The maximum Gasteiger partial charge on any atom is 0.231 e. The molecule has 42 heavy (non-hydrogen) atoms. The normalized spacial score (nSPS) is 22.9. The Morgan fingerprint density at radius 2 is 1.52 bits per heavy atom. The third-order valence-corrected chi connectivity index (χ3v) is 13.5. The van der Waals surface area contributed by atoms with Crippen molar-refractivity contribution in [1.82, 2.24) is 14.1 Å². The van der Waals surface area contributed by atoms with Crippen LogP contribution in [0, 0.1) is 5.92 Å². The SMILES string of the molecule is CCCS(=O)(=O)N1CCC(C(C)C)(N2CCN([C@@H](C)c3ccc(S(=O)(=O)c4ccc5c(c4)OCO5)cc3)[C@H](C)C2)CC1. The molecule has 0 unspecified atom stereocenters. The van der Waals surface area contributed by atoms with Crippen molar-refractivity contribution in [3.8, 4) is 11.5 Å². The molecule has 232 valence electrons. The minimum absolute atomic E-state index is 0.00739. The summed E-state index contributed by atoms with van der Waals surface area (Å²) in [5.74, 6) is 1.64. The zero-order valence-corrected chi connectivity index (χ0v) is 27.1. The highest BCUT2D eigenvalue weighted by atomic mass is 32.2. The van der Waals surface area contributed by atoms with Crippen molar-refractivity contribution in [1.29, 1.82) is 0 Å². The van der Waals surface area contributed by atoms with Crippen LogP contribution in [-0.4, -0.2) is 87.8 Å². The van der Waals surface area contributed by atoms with Gasteiger partial charge in [0.15, 0.2) is 11.5 Å². The summed E-state index contributed by atoms with van der Waals surface area (Å²) >= 11 is 0. The predicted octanol–water partition coefficient (Wildman–Crippen LogP) is 4.55. The van der Waals surface area contributed by atoms with Crippen LogP contribution >= 0.6 is 0 Å². The van der Waals surface area contributed by atoms with Gasteiger partial charge in [0.05, 0.1) is 15.5 Å². The molecule has 9 nitrogen and oxygen atoms in total. The molecule has 0 aliphatic carbocycles. The number of hydrogen-bond donors (Lipinski definition) is 0. The third-order valence-electron chi connectivity index (χ3n) is 9.65. The Balaban J connectivity index is 1.25. The van der Waals surface area contributed by atoms with Crippen LogP contribution in [0.3, 0.4) is 0 Å². The second-order valence-electron chi connectivity index (χ2n) is 12.3. The number of rotatable bonds is 9. The lowest BCUT2D eigenvalue weighted by Crippen LogP contribution is -2.65. The lowest BCUT2D eigenvalue weighted by molar-refractivity contribution is -0.0531. The molecule has 11 heteroatoms. The summed E-state index contributed by atoms with van der Waals surface area (Å²) in [6.45, 7) is 14.9. The molecule has 2 aromatic carbocycles. The first-order valence-corrected chi connectivity index (χ1v) is 18.2. The maximum atomic E-state index is 13.3. The zero-order chi connectivity index (χ0) is 30.3. The molecular weight excluding hydrogens is 574 g/mol. The van der Waals surface area contributed by atoms with E-state index in [1.807, 2.05) is 19.1 Å². The minimum Gasteiger partial charge on any atom is -0.454 e. The van der Waals surface area contributed by atoms with Gasteiger partial charge in [-0.1, -0.05) is 32.9 Å². The van der Waals surface area contributed by atoms with Crippen molar-refractivity contribution in [2.75, 3.05) is 45.3 Å². The van der Waals surface area contributed by atoms with Crippen LogP contribution in [0.25, 0.3) is 0 Å². The number of ether oxygens (including phenoxy) is 2. The highest BCUT2D eigenvalue weighted by Crippen LogP contribution is 2.40. The Kier molecular flexibility index (Phi) is 8.98. The minimum atomic E-state index is -3.69. The van der Waals surface area contributed by atoms with Crippen LogP contribution in [-0.2, 0) is 19.9 Å². The molecule has 3 aliphatic rings. The molecule has 0 radical (unpaired) electrons. The summed E-state index contributed by atoms with van der Waals surface area (Å²) in [7, 11) is -6.86. The number of hydrogen-bond acceptors (Lipinski definition) is 8. The molecule has 2 atom stereocenters. The molecule has 2 fully saturated rings. The fourth-order valence-electron chi connectivity index (χ4n) is 7.05. The quantitative estimate of drug-likeness (QED) is 0.404. The van der Waals surface area contributed by atoms with E-state index in [1.54, 1.807) is 28.6 Å². The number of sulfonamides is 1. The number of benzene rings is 2. The first kappa shape index (κ1) is 31.3. The van der Waals surface area contributed by atoms with Gasteiger partial charge in [-0.2, -0.15) is 0 Å². The fraction of sp³-hybridized carbons (Fsp3) is 0.613. The zero-order valence-electron chi connectivity index (χ0n) is 25.5. The Morgan fingerprint density at radius 3 is 2.14 bits per heavy atom. The number of nitrogens with zero attached hydrogens (tertiary/aromatic N) is 3. The molecule has 2 aromatic rings. The van der Waals surface area contributed by atoms with Gasteiger partial charge in [-0.05, 0) is 68.9 Å². The number of piperidine rings is 1. The van der Waals surface area contributed by atoms with Crippen LogP contribution in [0.1, 0.15) is 65.5 Å². The number of piperazine rings is 1. The second-order valence-corrected chi connectivity index (χ2v) is 16.3. The second kappa shape index (κ2) is 12.1. The largest absolute Gasteiger partial charge is 0.454 e. The molecule has 0 bridgehead atoms. The summed E-state index contributed by atoms with van der Waals surface area (Å²) in [4.78, 5) is 5.55. The Labute approximate surface area is 251 Å².